The van der Waals surface area contributed by atoms with Gasteiger partial charge >= 0.3 is 5.91 Å². The van der Waals surface area contributed by atoms with Crippen LogP contribution in [0.25, 0.3) is 0 Å². The fourth-order valence-corrected chi connectivity index (χ4v) is 1.98. The van der Waals surface area contributed by atoms with Gasteiger partial charge in [0.2, 0.25) is 0 Å². The van der Waals surface area contributed by atoms with Crippen LogP contribution in [0.1, 0.15) is 6.92 Å². The highest BCUT2D eigenvalue weighted by Gasteiger charge is 2.35. The van der Waals surface area contributed by atoms with E-state index in [1.54, 1.807) is 25.1 Å². The van der Waals surface area contributed by atoms with Crippen molar-refractivity contribution < 1.29 is 22.2 Å². The van der Waals surface area contributed by atoms with Crippen molar-refractivity contribution in [3.63, 3.8) is 0 Å². The summed E-state index contributed by atoms with van der Waals surface area (Å²) in [5.74, 6) is -0.261. The quantitative estimate of drug-likeness (QED) is 0.699. The fourth-order valence-electron chi connectivity index (χ4n) is 1.46. The topological polar surface area (TPSA) is 33.5 Å². The molecule has 7 heteroatoms. The molecule has 1 heterocycles. The molecule has 2 rings (SSSR count). The number of hydrogen-bond acceptors (Lipinski definition) is 2. The molecule has 0 radical (unpaired) electrons. The Morgan fingerprint density at radius 1 is 1.24 bits per heavy atom. The van der Waals surface area contributed by atoms with Crippen LogP contribution >= 0.6 is 34.8 Å². The van der Waals surface area contributed by atoms with E-state index in [2.05, 4.69) is 5.43 Å². The van der Waals surface area contributed by atoms with Crippen molar-refractivity contribution in [2.75, 3.05) is 0 Å². The molecule has 1 amide bonds. The van der Waals surface area contributed by atoms with E-state index in [-0.39, 0.29) is 23.3 Å². The SMILES string of the molecule is CC1=C(Cl)C(=O)[NH+](c2cc(Cl)ccc2Cl)N1.[Cl-]. The molecule has 0 bridgehead atoms. The maximum atomic E-state index is 11.8. The largest absolute Gasteiger partial charge is 1.00 e. The summed E-state index contributed by atoms with van der Waals surface area (Å²) >= 11 is 17.7. The first-order chi connectivity index (χ1) is 7.50. The number of quaternary nitrogens is 1. The summed E-state index contributed by atoms with van der Waals surface area (Å²) in [5, 5.41) is 1.53. The van der Waals surface area contributed by atoms with Crippen molar-refractivity contribution in [1.29, 1.82) is 0 Å². The molecule has 1 aliphatic heterocycles. The lowest BCUT2D eigenvalue weighted by molar-refractivity contribution is -0.788. The number of benzene rings is 1. The molecule has 1 aromatic carbocycles. The molecule has 0 fully saturated rings. The summed E-state index contributed by atoms with van der Waals surface area (Å²) in [7, 11) is 0. The zero-order valence-electron chi connectivity index (χ0n) is 8.65. The Bertz CT molecular complexity index is 501. The standard InChI is InChI=1S/C10H7Cl3N2O.ClH/c1-5-9(13)10(16)15(14-5)8-4-6(11)2-3-7(8)12;/h2-4,14H,1H3;1H. The van der Waals surface area contributed by atoms with Gasteiger partial charge in [-0.05, 0) is 19.1 Å². The second kappa shape index (κ2) is 5.46. The predicted molar refractivity (Wildman–Crippen MR) is 63.8 cm³/mol. The molecular weight excluding hydrogens is 306 g/mol. The van der Waals surface area contributed by atoms with Gasteiger partial charge in [-0.3, -0.25) is 0 Å². The summed E-state index contributed by atoms with van der Waals surface area (Å²) in [6.45, 7) is 1.73. The number of carbonyl (C=O) groups excluding carboxylic acids is 1. The van der Waals surface area contributed by atoms with Crippen LogP contribution in [0.4, 0.5) is 5.69 Å². The lowest BCUT2D eigenvalue weighted by Gasteiger charge is -2.12. The second-order valence-electron chi connectivity index (χ2n) is 3.39. The minimum atomic E-state index is -0.261. The van der Waals surface area contributed by atoms with Crippen molar-refractivity contribution >= 4 is 46.4 Å². The lowest BCUT2D eigenvalue weighted by atomic mass is 10.3. The van der Waals surface area contributed by atoms with Crippen molar-refractivity contribution in [1.82, 2.24) is 5.43 Å². The minimum absolute atomic E-state index is 0. The van der Waals surface area contributed by atoms with Gasteiger partial charge in [-0.25, -0.2) is 10.2 Å². The molecule has 0 saturated carbocycles. The molecule has 2 N–H and O–H groups in total. The molecule has 0 aromatic heterocycles. The normalized spacial score (nSPS) is 19.1. The van der Waals surface area contributed by atoms with Gasteiger partial charge < -0.3 is 12.4 Å². The molecule has 1 aliphatic rings. The first-order valence-electron chi connectivity index (χ1n) is 4.51. The van der Waals surface area contributed by atoms with Crippen LogP contribution in [-0.4, -0.2) is 5.91 Å². The first-order valence-corrected chi connectivity index (χ1v) is 5.64. The Morgan fingerprint density at radius 3 is 2.41 bits per heavy atom. The van der Waals surface area contributed by atoms with Crippen LogP contribution in [0.15, 0.2) is 28.9 Å². The van der Waals surface area contributed by atoms with E-state index >= 15 is 0 Å². The van der Waals surface area contributed by atoms with Gasteiger partial charge in [0.15, 0.2) is 10.7 Å². The van der Waals surface area contributed by atoms with E-state index in [1.165, 1.54) is 0 Å². The third-order valence-electron chi connectivity index (χ3n) is 2.27. The number of rotatable bonds is 1. The Hall–Kier alpha value is -0.450. The summed E-state index contributed by atoms with van der Waals surface area (Å²) < 4.78 is 0. The van der Waals surface area contributed by atoms with Crippen LogP contribution < -0.4 is 22.8 Å². The van der Waals surface area contributed by atoms with Gasteiger partial charge in [-0.1, -0.05) is 34.8 Å². The Labute approximate surface area is 120 Å². The maximum absolute atomic E-state index is 11.8. The van der Waals surface area contributed by atoms with E-state index in [1.807, 2.05) is 0 Å². The summed E-state index contributed by atoms with van der Waals surface area (Å²) in [6, 6.07) is 4.94. The highest BCUT2D eigenvalue weighted by molar-refractivity contribution is 6.42. The molecule has 17 heavy (non-hydrogen) atoms. The zero-order chi connectivity index (χ0) is 11.9. The number of allylic oxidation sites excluding steroid dienone is 1. The molecule has 1 aromatic rings. The van der Waals surface area contributed by atoms with Crippen molar-refractivity contribution in [3.8, 4) is 0 Å². The molecule has 1 atom stereocenters. The van der Waals surface area contributed by atoms with E-state index < -0.39 is 0 Å². The third kappa shape index (κ3) is 2.69. The van der Waals surface area contributed by atoms with Crippen LogP contribution in [0, 0.1) is 0 Å². The number of amides is 1. The minimum Gasteiger partial charge on any atom is -1.00 e. The molecule has 0 aliphatic carbocycles. The van der Waals surface area contributed by atoms with Crippen LogP contribution in [0.2, 0.25) is 10.0 Å². The molecule has 3 nitrogen and oxygen atoms in total. The molecule has 92 valence electrons. The van der Waals surface area contributed by atoms with Crippen molar-refractivity contribution in [3.05, 3.63) is 39.0 Å². The van der Waals surface area contributed by atoms with Crippen LogP contribution in [0.5, 0.6) is 0 Å². The maximum Gasteiger partial charge on any atom is 0.386 e. The Kier molecular flexibility index (Phi) is 4.69. The lowest BCUT2D eigenvalue weighted by Crippen LogP contribution is -3.14. The number of carbonyl (C=O) groups is 1. The van der Waals surface area contributed by atoms with E-state index in [0.29, 0.717) is 26.4 Å². The number of hydrogen-bond donors (Lipinski definition) is 2. The van der Waals surface area contributed by atoms with Gasteiger partial charge in [-0.15, -0.1) is 5.01 Å². The Morgan fingerprint density at radius 2 is 1.88 bits per heavy atom. The number of halogens is 4. The molecule has 0 saturated heterocycles. The van der Waals surface area contributed by atoms with Gasteiger partial charge in [0.25, 0.3) is 0 Å². The molecule has 1 unspecified atom stereocenters. The smallest absolute Gasteiger partial charge is 0.386 e. The average molecular weight is 314 g/mol. The highest BCUT2D eigenvalue weighted by Crippen LogP contribution is 2.23. The third-order valence-corrected chi connectivity index (χ3v) is 3.29. The molecular formula is C10H8Cl4N2O. The Balaban J connectivity index is 0.00000144. The van der Waals surface area contributed by atoms with Gasteiger partial charge in [0, 0.05) is 11.1 Å². The van der Waals surface area contributed by atoms with Gasteiger partial charge in [-0.2, -0.15) is 0 Å². The number of nitrogens with one attached hydrogen (secondary N) is 2. The van der Waals surface area contributed by atoms with E-state index in [4.69, 9.17) is 34.8 Å². The van der Waals surface area contributed by atoms with Crippen molar-refractivity contribution in [2.45, 2.75) is 6.92 Å². The summed E-state index contributed by atoms with van der Waals surface area (Å²) in [4.78, 5) is 11.8. The van der Waals surface area contributed by atoms with Crippen molar-refractivity contribution in [2.24, 2.45) is 0 Å². The zero-order valence-corrected chi connectivity index (χ0v) is 11.7. The predicted octanol–water partition coefficient (Wildman–Crippen LogP) is -0.971. The van der Waals surface area contributed by atoms with Crippen LogP contribution in [0.3, 0.4) is 0 Å². The van der Waals surface area contributed by atoms with E-state index in [0.717, 1.165) is 0 Å². The molecule has 0 spiro atoms. The van der Waals surface area contributed by atoms with Gasteiger partial charge in [0.05, 0.1) is 5.70 Å². The monoisotopic (exact) mass is 312 g/mol. The van der Waals surface area contributed by atoms with Crippen LogP contribution in [-0.2, 0) is 4.79 Å². The summed E-state index contributed by atoms with van der Waals surface area (Å²) in [5.41, 5.74) is 4.10. The highest BCUT2D eigenvalue weighted by atomic mass is 35.5. The summed E-state index contributed by atoms with van der Waals surface area (Å²) in [6.07, 6.45) is 0. The second-order valence-corrected chi connectivity index (χ2v) is 4.61. The van der Waals surface area contributed by atoms with E-state index in [9.17, 15) is 4.79 Å². The average Bonchev–Trinajstić information content (AvgIpc) is 2.50. The fraction of sp³-hybridized carbons (Fsp3) is 0.100. The first kappa shape index (κ1) is 14.6. The van der Waals surface area contributed by atoms with Gasteiger partial charge in [0.1, 0.15) is 5.02 Å².